The molecule has 0 rings (SSSR count). The van der Waals surface area contributed by atoms with E-state index in [9.17, 15) is 9.59 Å². The van der Waals surface area contributed by atoms with Crippen LogP contribution in [0.3, 0.4) is 0 Å². The maximum Gasteiger partial charge on any atom is 0.207 e. The number of hydrogen-bond donors (Lipinski definition) is 1. The summed E-state index contributed by atoms with van der Waals surface area (Å²) in [5, 5.41) is 2.64. The van der Waals surface area contributed by atoms with Crippen molar-refractivity contribution in [3.8, 4) is 0 Å². The van der Waals surface area contributed by atoms with Crippen LogP contribution in [0, 0.1) is 5.92 Å². The van der Waals surface area contributed by atoms with Crippen LogP contribution in [0.15, 0.2) is 34.9 Å². The summed E-state index contributed by atoms with van der Waals surface area (Å²) in [5.41, 5.74) is 3.90. The fourth-order valence-electron chi connectivity index (χ4n) is 2.49. The third-order valence-electron chi connectivity index (χ3n) is 3.84. The Morgan fingerprint density at radius 3 is 2.21 bits per heavy atom. The van der Waals surface area contributed by atoms with E-state index in [1.54, 1.807) is 0 Å². The van der Waals surface area contributed by atoms with Gasteiger partial charge in [0.25, 0.3) is 0 Å². The molecule has 0 spiro atoms. The minimum atomic E-state index is 0.251. The highest BCUT2D eigenvalue weighted by molar-refractivity contribution is 5.90. The third-order valence-corrected chi connectivity index (χ3v) is 3.84. The highest BCUT2D eigenvalue weighted by atomic mass is 16.1. The van der Waals surface area contributed by atoms with Gasteiger partial charge in [-0.2, -0.15) is 0 Å². The summed E-state index contributed by atoms with van der Waals surface area (Å²) in [7, 11) is 0. The normalized spacial score (nSPS) is 13.3. The molecule has 0 saturated carbocycles. The lowest BCUT2D eigenvalue weighted by Crippen LogP contribution is -2.09. The van der Waals surface area contributed by atoms with Crippen molar-refractivity contribution in [2.24, 2.45) is 5.92 Å². The van der Waals surface area contributed by atoms with E-state index in [1.165, 1.54) is 16.7 Å². The predicted molar refractivity (Wildman–Crippen MR) is 103 cm³/mol. The average Bonchev–Trinajstić information content (AvgIpc) is 2.46. The molecule has 24 heavy (non-hydrogen) atoms. The standard InChI is InChI=1S/C21H35NO2/c1-17(2)14-21(24)15-20(5)11-7-9-18(3)8-6-10-19(4)12-13-22-16-23/h8,12,15-17H,6-7,9-11,13-14H2,1-5H3,(H,22,23). The number of rotatable bonds is 13. The molecular weight excluding hydrogens is 298 g/mol. The van der Waals surface area contributed by atoms with Crippen molar-refractivity contribution in [1.82, 2.24) is 5.32 Å². The Bertz CT molecular complexity index is 470. The van der Waals surface area contributed by atoms with Gasteiger partial charge >= 0.3 is 0 Å². The molecule has 136 valence electrons. The second kappa shape index (κ2) is 13.8. The Kier molecular flexibility index (Phi) is 12.8. The second-order valence-corrected chi connectivity index (χ2v) is 7.07. The van der Waals surface area contributed by atoms with Gasteiger partial charge in [-0.15, -0.1) is 0 Å². The smallest absolute Gasteiger partial charge is 0.207 e. The maximum absolute atomic E-state index is 11.7. The number of carbonyl (C=O) groups excluding carboxylic acids is 2. The van der Waals surface area contributed by atoms with Gasteiger partial charge < -0.3 is 5.32 Å². The molecular formula is C21H35NO2. The molecule has 0 unspecified atom stereocenters. The van der Waals surface area contributed by atoms with Gasteiger partial charge in [-0.25, -0.2) is 0 Å². The predicted octanol–water partition coefficient (Wildman–Crippen LogP) is 5.14. The Hall–Kier alpha value is -1.64. The lowest BCUT2D eigenvalue weighted by molar-refractivity contribution is -0.115. The van der Waals surface area contributed by atoms with Crippen LogP contribution in [0.2, 0.25) is 0 Å². The first kappa shape index (κ1) is 22.4. The van der Waals surface area contributed by atoms with E-state index in [0.717, 1.165) is 38.5 Å². The van der Waals surface area contributed by atoms with Crippen LogP contribution < -0.4 is 5.32 Å². The lowest BCUT2D eigenvalue weighted by atomic mass is 10.0. The van der Waals surface area contributed by atoms with Crippen molar-refractivity contribution in [2.75, 3.05) is 6.54 Å². The SMILES string of the molecule is CC(=CCNC=O)CCC=C(C)CCCC(C)=CC(=O)CC(C)C. The Labute approximate surface area is 148 Å². The summed E-state index contributed by atoms with van der Waals surface area (Å²) in [6.45, 7) is 11.1. The molecule has 0 heterocycles. The van der Waals surface area contributed by atoms with E-state index in [-0.39, 0.29) is 5.78 Å². The van der Waals surface area contributed by atoms with Gasteiger partial charge in [0.15, 0.2) is 5.78 Å². The fourth-order valence-corrected chi connectivity index (χ4v) is 2.49. The van der Waals surface area contributed by atoms with Crippen LogP contribution in [0.4, 0.5) is 0 Å². The average molecular weight is 334 g/mol. The number of ketones is 1. The molecule has 0 saturated heterocycles. The summed E-state index contributed by atoms with van der Waals surface area (Å²) in [4.78, 5) is 21.9. The number of allylic oxidation sites excluding steroid dienone is 5. The molecule has 0 atom stereocenters. The van der Waals surface area contributed by atoms with E-state index in [1.807, 2.05) is 6.08 Å². The monoisotopic (exact) mass is 333 g/mol. The summed E-state index contributed by atoms with van der Waals surface area (Å²) in [5.74, 6) is 0.680. The molecule has 0 aliphatic rings. The zero-order valence-corrected chi connectivity index (χ0v) is 16.2. The van der Waals surface area contributed by atoms with Crippen LogP contribution in [-0.4, -0.2) is 18.7 Å². The van der Waals surface area contributed by atoms with Crippen LogP contribution in [0.1, 0.15) is 73.1 Å². The molecule has 0 radical (unpaired) electrons. The number of carbonyl (C=O) groups is 2. The van der Waals surface area contributed by atoms with Gasteiger partial charge in [0.05, 0.1) is 0 Å². The molecule has 3 heteroatoms. The minimum absolute atomic E-state index is 0.251. The van der Waals surface area contributed by atoms with Crippen LogP contribution >= 0.6 is 0 Å². The Morgan fingerprint density at radius 2 is 1.58 bits per heavy atom. The van der Waals surface area contributed by atoms with E-state index in [0.29, 0.717) is 18.9 Å². The van der Waals surface area contributed by atoms with Crippen LogP contribution in [0.25, 0.3) is 0 Å². The van der Waals surface area contributed by atoms with E-state index >= 15 is 0 Å². The van der Waals surface area contributed by atoms with Gasteiger partial charge in [-0.1, -0.05) is 42.7 Å². The summed E-state index contributed by atoms with van der Waals surface area (Å²) in [6, 6.07) is 0. The molecule has 1 amide bonds. The van der Waals surface area contributed by atoms with Crippen molar-refractivity contribution in [3.05, 3.63) is 34.9 Å². The number of hydrogen-bond acceptors (Lipinski definition) is 2. The zero-order valence-electron chi connectivity index (χ0n) is 16.2. The lowest BCUT2D eigenvalue weighted by Gasteiger charge is -2.05. The quantitative estimate of drug-likeness (QED) is 0.220. The van der Waals surface area contributed by atoms with E-state index < -0.39 is 0 Å². The zero-order chi connectivity index (χ0) is 18.4. The third kappa shape index (κ3) is 14.0. The van der Waals surface area contributed by atoms with Gasteiger partial charge in [0.2, 0.25) is 6.41 Å². The molecule has 0 aliphatic heterocycles. The maximum atomic E-state index is 11.7. The number of amides is 1. The van der Waals surface area contributed by atoms with Gasteiger partial charge in [-0.05, 0) is 64.9 Å². The van der Waals surface area contributed by atoms with Crippen molar-refractivity contribution < 1.29 is 9.59 Å². The fraction of sp³-hybridized carbons (Fsp3) is 0.619. The first-order valence-electron chi connectivity index (χ1n) is 9.03. The van der Waals surface area contributed by atoms with E-state index in [2.05, 4.69) is 52.1 Å². The molecule has 1 N–H and O–H groups in total. The van der Waals surface area contributed by atoms with Crippen molar-refractivity contribution >= 4 is 12.2 Å². The second-order valence-electron chi connectivity index (χ2n) is 7.07. The van der Waals surface area contributed by atoms with Crippen molar-refractivity contribution in [2.45, 2.75) is 73.1 Å². The van der Waals surface area contributed by atoms with Gasteiger partial charge in [0, 0.05) is 13.0 Å². The molecule has 0 aromatic heterocycles. The van der Waals surface area contributed by atoms with Gasteiger partial charge in [0.1, 0.15) is 0 Å². The Morgan fingerprint density at radius 1 is 0.958 bits per heavy atom. The topological polar surface area (TPSA) is 46.2 Å². The Balaban J connectivity index is 4.01. The number of nitrogens with one attached hydrogen (secondary N) is 1. The van der Waals surface area contributed by atoms with Crippen molar-refractivity contribution in [1.29, 1.82) is 0 Å². The summed E-state index contributed by atoms with van der Waals surface area (Å²) in [6.07, 6.45) is 12.8. The first-order chi connectivity index (χ1) is 11.3. The molecule has 0 aliphatic carbocycles. The van der Waals surface area contributed by atoms with Crippen molar-refractivity contribution in [3.63, 3.8) is 0 Å². The summed E-state index contributed by atoms with van der Waals surface area (Å²) >= 11 is 0. The van der Waals surface area contributed by atoms with Gasteiger partial charge in [-0.3, -0.25) is 9.59 Å². The van der Waals surface area contributed by atoms with E-state index in [4.69, 9.17) is 0 Å². The molecule has 3 nitrogen and oxygen atoms in total. The molecule has 0 aromatic rings. The molecule has 0 bridgehead atoms. The summed E-state index contributed by atoms with van der Waals surface area (Å²) < 4.78 is 0. The highest BCUT2D eigenvalue weighted by Crippen LogP contribution is 2.14. The minimum Gasteiger partial charge on any atom is -0.355 e. The largest absolute Gasteiger partial charge is 0.355 e. The van der Waals surface area contributed by atoms with Crippen LogP contribution in [0.5, 0.6) is 0 Å². The first-order valence-corrected chi connectivity index (χ1v) is 9.03. The van der Waals surface area contributed by atoms with Crippen LogP contribution in [-0.2, 0) is 9.59 Å². The highest BCUT2D eigenvalue weighted by Gasteiger charge is 2.02. The molecule has 0 fully saturated rings. The molecule has 0 aromatic carbocycles.